The number of nitrogens with zero attached hydrogens (tertiary/aromatic N) is 3. The SMILES string of the molecule is CN1CCN(C(=O)COc2ccc3sc(CCC(=O)C4(CC(=O)OC(C)(C)C)Cc5ccccc5C4)nc3c2)CC1. The molecule has 1 aliphatic heterocycles. The second kappa shape index (κ2) is 11.9. The van der Waals surface area contributed by atoms with Crippen LogP contribution in [0.5, 0.6) is 5.75 Å². The first kappa shape index (κ1) is 29.2. The predicted molar refractivity (Wildman–Crippen MR) is 159 cm³/mol. The molecule has 0 bridgehead atoms. The Kier molecular flexibility index (Phi) is 8.47. The van der Waals surface area contributed by atoms with Crippen molar-refractivity contribution in [1.29, 1.82) is 0 Å². The Bertz CT molecular complexity index is 1410. The Labute approximate surface area is 245 Å². The van der Waals surface area contributed by atoms with Crippen LogP contribution in [0.25, 0.3) is 10.2 Å². The maximum absolute atomic E-state index is 13.8. The Morgan fingerprint density at radius 1 is 1.00 bits per heavy atom. The van der Waals surface area contributed by atoms with Gasteiger partial charge in [-0.25, -0.2) is 4.98 Å². The lowest BCUT2D eigenvalue weighted by Crippen LogP contribution is -2.48. The Balaban J connectivity index is 1.22. The van der Waals surface area contributed by atoms with E-state index in [-0.39, 0.29) is 30.7 Å². The van der Waals surface area contributed by atoms with Gasteiger partial charge in [0.2, 0.25) is 0 Å². The molecule has 2 heterocycles. The third-order valence-electron chi connectivity index (χ3n) is 7.86. The van der Waals surface area contributed by atoms with Crippen LogP contribution in [0.2, 0.25) is 0 Å². The minimum absolute atomic E-state index is 0.00281. The molecule has 1 aliphatic carbocycles. The second-order valence-electron chi connectivity index (χ2n) is 12.3. The lowest BCUT2D eigenvalue weighted by atomic mass is 9.76. The number of ether oxygens (including phenoxy) is 2. The van der Waals surface area contributed by atoms with Gasteiger partial charge < -0.3 is 19.3 Å². The fourth-order valence-corrected chi connectivity index (χ4v) is 6.65. The summed E-state index contributed by atoms with van der Waals surface area (Å²) in [5, 5.41) is 0.863. The number of thiazole rings is 1. The highest BCUT2D eigenvalue weighted by Crippen LogP contribution is 2.42. The molecule has 1 amide bonds. The predicted octanol–water partition coefficient (Wildman–Crippen LogP) is 4.47. The molecule has 0 radical (unpaired) electrons. The lowest BCUT2D eigenvalue weighted by Gasteiger charge is -2.32. The van der Waals surface area contributed by atoms with Gasteiger partial charge in [0, 0.05) is 50.5 Å². The van der Waals surface area contributed by atoms with Crippen LogP contribution in [0.1, 0.15) is 49.7 Å². The number of carbonyl (C=O) groups excluding carboxylic acids is 3. The van der Waals surface area contributed by atoms with Crippen LogP contribution in [0.4, 0.5) is 0 Å². The summed E-state index contributed by atoms with van der Waals surface area (Å²) in [7, 11) is 2.06. The zero-order valence-corrected chi connectivity index (χ0v) is 25.2. The number of esters is 1. The molecule has 2 aliphatic rings. The maximum atomic E-state index is 13.8. The first-order chi connectivity index (χ1) is 19.5. The van der Waals surface area contributed by atoms with E-state index < -0.39 is 11.0 Å². The molecule has 0 spiro atoms. The molecule has 1 saturated heterocycles. The van der Waals surface area contributed by atoms with Crippen LogP contribution in [-0.4, -0.2) is 77.9 Å². The number of carbonyl (C=O) groups is 3. The van der Waals surface area contributed by atoms with Crippen molar-refractivity contribution in [3.05, 3.63) is 58.6 Å². The molecule has 8 nitrogen and oxygen atoms in total. The van der Waals surface area contributed by atoms with Gasteiger partial charge in [0.1, 0.15) is 17.1 Å². The van der Waals surface area contributed by atoms with Gasteiger partial charge in [0.05, 0.1) is 21.6 Å². The van der Waals surface area contributed by atoms with Gasteiger partial charge in [-0.1, -0.05) is 24.3 Å². The molecule has 0 unspecified atom stereocenters. The minimum atomic E-state index is -0.792. The van der Waals surface area contributed by atoms with E-state index in [1.54, 1.807) is 11.3 Å². The average molecular weight is 578 g/mol. The summed E-state index contributed by atoms with van der Waals surface area (Å²) < 4.78 is 12.4. The summed E-state index contributed by atoms with van der Waals surface area (Å²) in [5.74, 6) is 0.334. The van der Waals surface area contributed by atoms with Crippen LogP contribution in [0.3, 0.4) is 0 Å². The monoisotopic (exact) mass is 577 g/mol. The molecule has 2 aromatic carbocycles. The van der Waals surface area contributed by atoms with E-state index in [0.717, 1.165) is 52.5 Å². The van der Waals surface area contributed by atoms with Crippen molar-refractivity contribution in [2.24, 2.45) is 5.41 Å². The molecule has 3 aromatic rings. The van der Waals surface area contributed by atoms with Crippen molar-refractivity contribution >= 4 is 39.2 Å². The number of amides is 1. The number of hydrogen-bond acceptors (Lipinski definition) is 8. The van der Waals surface area contributed by atoms with Crippen LogP contribution < -0.4 is 4.74 Å². The van der Waals surface area contributed by atoms with Gasteiger partial charge >= 0.3 is 5.97 Å². The lowest BCUT2D eigenvalue weighted by molar-refractivity contribution is -0.159. The number of ketones is 1. The summed E-state index contributed by atoms with van der Waals surface area (Å²) in [4.78, 5) is 48.0. The first-order valence-electron chi connectivity index (χ1n) is 14.3. The topological polar surface area (TPSA) is 89.0 Å². The van der Waals surface area contributed by atoms with Gasteiger partial charge in [-0.3, -0.25) is 14.4 Å². The van der Waals surface area contributed by atoms with E-state index in [9.17, 15) is 14.4 Å². The molecule has 0 saturated carbocycles. The standard InChI is InChI=1S/C32H39N3O5S/c1-31(2,3)40-30(38)20-32(18-22-7-5-6-8-23(22)19-32)27(36)11-12-28-33-25-17-24(9-10-26(25)41-28)39-21-29(37)35-15-13-34(4)14-16-35/h5-10,17H,11-16,18-21H2,1-4H3. The van der Waals surface area contributed by atoms with Crippen molar-refractivity contribution in [3.63, 3.8) is 0 Å². The minimum Gasteiger partial charge on any atom is -0.484 e. The van der Waals surface area contributed by atoms with Crippen molar-refractivity contribution in [2.75, 3.05) is 39.8 Å². The number of aryl methyl sites for hydroxylation is 1. The fourth-order valence-electron chi connectivity index (χ4n) is 5.70. The Morgan fingerprint density at radius 3 is 2.34 bits per heavy atom. The average Bonchev–Trinajstić information content (AvgIpc) is 3.50. The number of aromatic nitrogens is 1. The quantitative estimate of drug-likeness (QED) is 0.347. The Hall–Kier alpha value is -3.30. The largest absolute Gasteiger partial charge is 0.484 e. The molecule has 41 heavy (non-hydrogen) atoms. The van der Waals surface area contributed by atoms with Crippen molar-refractivity contribution < 1.29 is 23.9 Å². The van der Waals surface area contributed by atoms with Crippen molar-refractivity contribution in [1.82, 2.24) is 14.8 Å². The van der Waals surface area contributed by atoms with Crippen molar-refractivity contribution in [2.45, 2.75) is 58.5 Å². The molecular formula is C32H39N3O5S. The molecule has 0 atom stereocenters. The summed E-state index contributed by atoms with van der Waals surface area (Å²) in [6.07, 6.45) is 1.98. The van der Waals surface area contributed by atoms with Gasteiger partial charge in [0.15, 0.2) is 6.61 Å². The summed E-state index contributed by atoms with van der Waals surface area (Å²) >= 11 is 1.56. The maximum Gasteiger partial charge on any atom is 0.307 e. The highest BCUT2D eigenvalue weighted by Gasteiger charge is 2.45. The number of rotatable bonds is 9. The van der Waals surface area contributed by atoms with E-state index in [2.05, 4.69) is 11.9 Å². The van der Waals surface area contributed by atoms with Gasteiger partial charge in [-0.15, -0.1) is 11.3 Å². The Morgan fingerprint density at radius 2 is 1.68 bits per heavy atom. The molecule has 9 heteroatoms. The third kappa shape index (κ3) is 7.13. The van der Waals surface area contributed by atoms with E-state index in [0.29, 0.717) is 31.4 Å². The molecular weight excluding hydrogens is 538 g/mol. The van der Waals surface area contributed by atoms with Crippen LogP contribution in [0.15, 0.2) is 42.5 Å². The van der Waals surface area contributed by atoms with Crippen LogP contribution in [-0.2, 0) is 38.4 Å². The molecule has 218 valence electrons. The van der Waals surface area contributed by atoms with E-state index in [1.165, 1.54) is 0 Å². The summed E-state index contributed by atoms with van der Waals surface area (Å²) in [5.41, 5.74) is 1.65. The molecule has 1 aromatic heterocycles. The normalized spacial score (nSPS) is 16.9. The summed E-state index contributed by atoms with van der Waals surface area (Å²) in [6, 6.07) is 13.7. The number of fused-ring (bicyclic) bond motifs is 2. The van der Waals surface area contributed by atoms with E-state index in [4.69, 9.17) is 14.5 Å². The number of hydrogen-bond donors (Lipinski definition) is 0. The highest BCUT2D eigenvalue weighted by molar-refractivity contribution is 7.18. The number of likely N-dealkylation sites (N-methyl/N-ethyl adjacent to an activating group) is 1. The number of Topliss-reactive ketones (excluding diaryl/α,β-unsaturated/α-hetero) is 1. The summed E-state index contributed by atoms with van der Waals surface area (Å²) in [6.45, 7) is 8.72. The van der Waals surface area contributed by atoms with Crippen LogP contribution in [0, 0.1) is 5.41 Å². The van der Waals surface area contributed by atoms with Gasteiger partial charge in [-0.05, 0) is 63.9 Å². The number of piperazine rings is 1. The number of benzene rings is 2. The molecule has 0 N–H and O–H groups in total. The molecule has 1 fully saturated rings. The smallest absolute Gasteiger partial charge is 0.307 e. The van der Waals surface area contributed by atoms with E-state index in [1.807, 2.05) is 68.1 Å². The zero-order chi connectivity index (χ0) is 29.2. The van der Waals surface area contributed by atoms with Crippen LogP contribution >= 0.6 is 11.3 Å². The first-order valence-corrected chi connectivity index (χ1v) is 15.1. The third-order valence-corrected chi connectivity index (χ3v) is 8.95. The zero-order valence-electron chi connectivity index (χ0n) is 24.4. The van der Waals surface area contributed by atoms with Gasteiger partial charge in [-0.2, -0.15) is 0 Å². The van der Waals surface area contributed by atoms with E-state index >= 15 is 0 Å². The fraction of sp³-hybridized carbons (Fsp3) is 0.500. The van der Waals surface area contributed by atoms with Crippen molar-refractivity contribution in [3.8, 4) is 5.75 Å². The second-order valence-corrected chi connectivity index (χ2v) is 13.4. The van der Waals surface area contributed by atoms with Gasteiger partial charge in [0.25, 0.3) is 5.91 Å². The molecule has 5 rings (SSSR count). The highest BCUT2D eigenvalue weighted by atomic mass is 32.1.